The van der Waals surface area contributed by atoms with E-state index in [2.05, 4.69) is 6.08 Å². The van der Waals surface area contributed by atoms with Crippen molar-refractivity contribution in [2.45, 2.75) is 24.9 Å². The molecular weight excluding hydrogens is 143 g/mol. The zero-order valence-electron chi connectivity index (χ0n) is 6.23. The summed E-state index contributed by atoms with van der Waals surface area (Å²) in [6.07, 6.45) is 7.02. The molecule has 11 heavy (non-hydrogen) atoms. The van der Waals surface area contributed by atoms with Gasteiger partial charge in [-0.2, -0.15) is 0 Å². The number of allylic oxidation sites excluding steroid dienone is 1. The molecule has 2 N–H and O–H groups in total. The Hall–Kier alpha value is -0.315. The molecule has 1 fully saturated rings. The molecule has 0 saturated heterocycles. The van der Waals surface area contributed by atoms with E-state index < -0.39 is 7.32 Å². The van der Waals surface area contributed by atoms with Gasteiger partial charge in [0.05, 0.1) is 5.60 Å². The summed E-state index contributed by atoms with van der Waals surface area (Å²) in [4.78, 5) is 0. The molecule has 3 nitrogen and oxygen atoms in total. The minimum atomic E-state index is -1.63. The van der Waals surface area contributed by atoms with Crippen molar-refractivity contribution in [1.29, 1.82) is 0 Å². The van der Waals surface area contributed by atoms with E-state index in [4.69, 9.17) is 14.7 Å². The lowest BCUT2D eigenvalue weighted by Crippen LogP contribution is -2.33. The fourth-order valence-corrected chi connectivity index (χ4v) is 2.06. The van der Waals surface area contributed by atoms with Crippen molar-refractivity contribution in [2.24, 2.45) is 5.92 Å². The third-order valence-electron chi connectivity index (χ3n) is 2.56. The van der Waals surface area contributed by atoms with Gasteiger partial charge in [0.15, 0.2) is 0 Å². The number of fused-ring (bicyclic) bond motifs is 2. The van der Waals surface area contributed by atoms with E-state index in [1.54, 1.807) is 0 Å². The maximum Gasteiger partial charge on any atom is 0.634 e. The standard InChI is InChI=1S/C7H11BO3/c9-8(10)11-7-3-1-6(5-7)2-4-7/h1,3,6,9-10H,2,4-5H2. The summed E-state index contributed by atoms with van der Waals surface area (Å²) in [5, 5.41) is 17.3. The maximum absolute atomic E-state index is 8.63. The van der Waals surface area contributed by atoms with Gasteiger partial charge in [-0.1, -0.05) is 12.2 Å². The topological polar surface area (TPSA) is 49.7 Å². The Morgan fingerprint density at radius 3 is 2.73 bits per heavy atom. The highest BCUT2D eigenvalue weighted by molar-refractivity contribution is 6.32. The highest BCUT2D eigenvalue weighted by Gasteiger charge is 2.43. The summed E-state index contributed by atoms with van der Waals surface area (Å²) in [6, 6.07) is 0. The molecule has 0 aromatic carbocycles. The van der Waals surface area contributed by atoms with E-state index in [-0.39, 0.29) is 5.60 Å². The van der Waals surface area contributed by atoms with Crippen LogP contribution in [0.2, 0.25) is 0 Å². The van der Waals surface area contributed by atoms with Crippen LogP contribution in [0.15, 0.2) is 12.2 Å². The molecule has 2 rings (SSSR count). The second kappa shape index (κ2) is 2.34. The Balaban J connectivity index is 2.06. The molecule has 2 aliphatic rings. The summed E-state index contributed by atoms with van der Waals surface area (Å²) in [7, 11) is -1.63. The summed E-state index contributed by atoms with van der Waals surface area (Å²) >= 11 is 0. The summed E-state index contributed by atoms with van der Waals surface area (Å²) in [5.74, 6) is 0.605. The second-order valence-electron chi connectivity index (χ2n) is 3.37. The van der Waals surface area contributed by atoms with E-state index >= 15 is 0 Å². The van der Waals surface area contributed by atoms with Crippen molar-refractivity contribution >= 4 is 7.32 Å². The van der Waals surface area contributed by atoms with Crippen LogP contribution in [0.5, 0.6) is 0 Å². The predicted molar refractivity (Wildman–Crippen MR) is 40.5 cm³/mol. The normalized spacial score (nSPS) is 40.0. The number of rotatable bonds is 2. The molecule has 2 unspecified atom stereocenters. The van der Waals surface area contributed by atoms with E-state index in [1.807, 2.05) is 6.08 Å². The van der Waals surface area contributed by atoms with Gasteiger partial charge in [-0.15, -0.1) is 0 Å². The number of hydrogen-bond acceptors (Lipinski definition) is 3. The van der Waals surface area contributed by atoms with Gasteiger partial charge in [0.25, 0.3) is 0 Å². The largest absolute Gasteiger partial charge is 0.634 e. The fraction of sp³-hybridized carbons (Fsp3) is 0.714. The summed E-state index contributed by atoms with van der Waals surface area (Å²) in [5.41, 5.74) is -0.348. The van der Waals surface area contributed by atoms with Crippen LogP contribution >= 0.6 is 0 Å². The average Bonchev–Trinajstić information content (AvgIpc) is 2.43. The van der Waals surface area contributed by atoms with E-state index in [0.717, 1.165) is 19.3 Å². The SMILES string of the molecule is OB(O)OC12C=CC(CC1)C2. The summed E-state index contributed by atoms with van der Waals surface area (Å²) in [6.45, 7) is 0. The third kappa shape index (κ3) is 1.22. The first-order valence-electron chi connectivity index (χ1n) is 3.94. The Bertz CT molecular complexity index is 192. The predicted octanol–water partition coefficient (Wildman–Crippen LogP) is 0.0812. The Kier molecular flexibility index (Phi) is 1.56. The van der Waals surface area contributed by atoms with Crippen LogP contribution in [0.4, 0.5) is 0 Å². The number of hydrogen-bond donors (Lipinski definition) is 2. The van der Waals surface area contributed by atoms with Gasteiger partial charge in [0.1, 0.15) is 0 Å². The molecule has 1 saturated carbocycles. The van der Waals surface area contributed by atoms with Crippen molar-refractivity contribution in [3.63, 3.8) is 0 Å². The molecule has 0 aromatic heterocycles. The van der Waals surface area contributed by atoms with E-state index in [9.17, 15) is 0 Å². The first kappa shape index (κ1) is 7.34. The van der Waals surface area contributed by atoms with Crippen LogP contribution in [0.1, 0.15) is 19.3 Å². The first-order chi connectivity index (χ1) is 5.20. The molecule has 2 atom stereocenters. The highest BCUT2D eigenvalue weighted by Crippen LogP contribution is 2.44. The van der Waals surface area contributed by atoms with Crippen LogP contribution < -0.4 is 0 Å². The fourth-order valence-electron chi connectivity index (χ4n) is 2.06. The Labute approximate surface area is 65.9 Å². The van der Waals surface area contributed by atoms with Gasteiger partial charge in [0, 0.05) is 0 Å². The molecule has 4 heteroatoms. The van der Waals surface area contributed by atoms with Crippen molar-refractivity contribution in [3.8, 4) is 0 Å². The quantitative estimate of drug-likeness (QED) is 0.437. The van der Waals surface area contributed by atoms with Crippen molar-refractivity contribution < 1.29 is 14.7 Å². The summed E-state index contributed by atoms with van der Waals surface area (Å²) < 4.78 is 5.01. The molecule has 0 heterocycles. The van der Waals surface area contributed by atoms with Crippen LogP contribution in [0.3, 0.4) is 0 Å². The van der Waals surface area contributed by atoms with Gasteiger partial charge < -0.3 is 14.7 Å². The van der Waals surface area contributed by atoms with Gasteiger partial charge in [-0.05, 0) is 25.2 Å². The molecule has 2 bridgehead atoms. The lowest BCUT2D eigenvalue weighted by atomic mass is 10.0. The molecule has 0 radical (unpaired) electrons. The lowest BCUT2D eigenvalue weighted by Gasteiger charge is -2.23. The minimum Gasteiger partial charge on any atom is -0.402 e. The van der Waals surface area contributed by atoms with Crippen molar-refractivity contribution in [3.05, 3.63) is 12.2 Å². The molecule has 0 spiro atoms. The van der Waals surface area contributed by atoms with Gasteiger partial charge in [0.2, 0.25) is 0 Å². The van der Waals surface area contributed by atoms with Crippen LogP contribution in [0.25, 0.3) is 0 Å². The van der Waals surface area contributed by atoms with Gasteiger partial charge >= 0.3 is 7.32 Å². The molecule has 0 amide bonds. The van der Waals surface area contributed by atoms with Crippen molar-refractivity contribution in [1.82, 2.24) is 0 Å². The van der Waals surface area contributed by atoms with Crippen molar-refractivity contribution in [2.75, 3.05) is 0 Å². The Morgan fingerprint density at radius 2 is 2.36 bits per heavy atom. The first-order valence-corrected chi connectivity index (χ1v) is 3.94. The smallest absolute Gasteiger partial charge is 0.402 e. The zero-order chi connectivity index (χ0) is 7.90. The molecule has 2 aliphatic carbocycles. The maximum atomic E-state index is 8.63. The van der Waals surface area contributed by atoms with Crippen LogP contribution in [-0.2, 0) is 4.65 Å². The van der Waals surface area contributed by atoms with E-state index in [0.29, 0.717) is 5.92 Å². The molecule has 0 aliphatic heterocycles. The van der Waals surface area contributed by atoms with E-state index in [1.165, 1.54) is 0 Å². The second-order valence-corrected chi connectivity index (χ2v) is 3.37. The molecule has 60 valence electrons. The lowest BCUT2D eigenvalue weighted by molar-refractivity contribution is 0.0662. The third-order valence-corrected chi connectivity index (χ3v) is 2.56. The van der Waals surface area contributed by atoms with Gasteiger partial charge in [-0.25, -0.2) is 0 Å². The Morgan fingerprint density at radius 1 is 1.55 bits per heavy atom. The average molecular weight is 154 g/mol. The highest BCUT2D eigenvalue weighted by atomic mass is 16.6. The minimum absolute atomic E-state index is 0.348. The van der Waals surface area contributed by atoms with Gasteiger partial charge in [-0.3, -0.25) is 0 Å². The molecular formula is C7H11BO3. The zero-order valence-corrected chi connectivity index (χ0v) is 6.23. The monoisotopic (exact) mass is 154 g/mol. The van der Waals surface area contributed by atoms with Crippen LogP contribution in [-0.4, -0.2) is 23.0 Å². The molecule has 0 aromatic rings. The van der Waals surface area contributed by atoms with Crippen LogP contribution in [0, 0.1) is 5.92 Å².